The molecule has 1 atom stereocenters. The van der Waals surface area contributed by atoms with Crippen molar-refractivity contribution in [1.82, 2.24) is 10.3 Å². The van der Waals surface area contributed by atoms with Crippen LogP contribution in [0.4, 0.5) is 5.69 Å². The molecule has 2 amide bonds. The lowest BCUT2D eigenvalue weighted by atomic mass is 9.93. The van der Waals surface area contributed by atoms with Crippen molar-refractivity contribution >= 4 is 17.5 Å². The van der Waals surface area contributed by atoms with Gasteiger partial charge in [0.05, 0.1) is 0 Å². The molecule has 1 aromatic carbocycles. The monoisotopic (exact) mass is 267 g/mol. The fourth-order valence-corrected chi connectivity index (χ4v) is 2.32. The Morgan fingerprint density at radius 1 is 1.20 bits per heavy atom. The number of nitrogens with zero attached hydrogens (tertiary/aromatic N) is 1. The maximum atomic E-state index is 12.2. The van der Waals surface area contributed by atoms with Crippen molar-refractivity contribution in [3.63, 3.8) is 0 Å². The number of rotatable bonds is 2. The molecule has 0 saturated carbocycles. The van der Waals surface area contributed by atoms with Crippen LogP contribution in [-0.2, 0) is 10.3 Å². The second kappa shape index (κ2) is 4.45. The van der Waals surface area contributed by atoms with Crippen LogP contribution in [0.2, 0.25) is 0 Å². The Hall–Kier alpha value is -2.69. The van der Waals surface area contributed by atoms with E-state index in [0.717, 1.165) is 11.3 Å². The average molecular weight is 267 g/mol. The van der Waals surface area contributed by atoms with Gasteiger partial charge in [-0.15, -0.1) is 0 Å². The molecule has 0 radical (unpaired) electrons. The molecule has 0 fully saturated rings. The SMILES string of the molecule is CC1(NC(=O)c2ccncc2)C(=O)Nc2ccccc21. The van der Waals surface area contributed by atoms with Gasteiger partial charge in [-0.1, -0.05) is 18.2 Å². The first-order chi connectivity index (χ1) is 9.61. The smallest absolute Gasteiger partial charge is 0.254 e. The Morgan fingerprint density at radius 2 is 1.90 bits per heavy atom. The lowest BCUT2D eigenvalue weighted by Gasteiger charge is -2.23. The Kier molecular flexibility index (Phi) is 2.75. The minimum atomic E-state index is -1.06. The summed E-state index contributed by atoms with van der Waals surface area (Å²) in [6, 6.07) is 10.6. The highest BCUT2D eigenvalue weighted by Crippen LogP contribution is 2.35. The molecule has 0 spiro atoms. The lowest BCUT2D eigenvalue weighted by molar-refractivity contribution is -0.121. The molecule has 0 aliphatic carbocycles. The van der Waals surface area contributed by atoms with Crippen molar-refractivity contribution < 1.29 is 9.59 Å². The third-order valence-electron chi connectivity index (χ3n) is 3.47. The van der Waals surface area contributed by atoms with Gasteiger partial charge in [0.25, 0.3) is 11.8 Å². The number of carbonyl (C=O) groups excluding carboxylic acids is 2. The summed E-state index contributed by atoms with van der Waals surface area (Å²) in [7, 11) is 0. The van der Waals surface area contributed by atoms with Crippen molar-refractivity contribution in [2.24, 2.45) is 0 Å². The largest absolute Gasteiger partial charge is 0.334 e. The van der Waals surface area contributed by atoms with Crippen molar-refractivity contribution in [3.05, 3.63) is 59.9 Å². The molecule has 0 bridgehead atoms. The topological polar surface area (TPSA) is 71.1 Å². The minimum Gasteiger partial charge on any atom is -0.334 e. The highest BCUT2D eigenvalue weighted by molar-refractivity contribution is 6.09. The van der Waals surface area contributed by atoms with Gasteiger partial charge in [0, 0.05) is 29.2 Å². The molecule has 1 aromatic heterocycles. The van der Waals surface area contributed by atoms with Crippen LogP contribution in [0.1, 0.15) is 22.8 Å². The highest BCUT2D eigenvalue weighted by atomic mass is 16.2. The molecule has 3 rings (SSSR count). The van der Waals surface area contributed by atoms with Gasteiger partial charge in [0.15, 0.2) is 0 Å². The zero-order valence-electron chi connectivity index (χ0n) is 10.9. The second-order valence-corrected chi connectivity index (χ2v) is 4.81. The molecular weight excluding hydrogens is 254 g/mol. The maximum absolute atomic E-state index is 12.2. The van der Waals surface area contributed by atoms with Crippen LogP contribution in [0, 0.1) is 0 Å². The average Bonchev–Trinajstić information content (AvgIpc) is 2.72. The number of hydrogen-bond donors (Lipinski definition) is 2. The Balaban J connectivity index is 1.94. The van der Waals surface area contributed by atoms with Gasteiger partial charge in [-0.2, -0.15) is 0 Å². The minimum absolute atomic E-state index is 0.235. The van der Waals surface area contributed by atoms with Gasteiger partial charge >= 0.3 is 0 Å². The number of anilines is 1. The first kappa shape index (κ1) is 12.3. The molecule has 5 nitrogen and oxygen atoms in total. The van der Waals surface area contributed by atoms with Gasteiger partial charge in [0.1, 0.15) is 5.54 Å². The molecule has 0 saturated heterocycles. The molecule has 2 heterocycles. The van der Waals surface area contributed by atoms with Crippen molar-refractivity contribution in [3.8, 4) is 0 Å². The van der Waals surface area contributed by atoms with E-state index in [0.29, 0.717) is 5.56 Å². The standard InChI is InChI=1S/C15H13N3O2/c1-15(18-13(19)10-6-8-16-9-7-10)11-4-2-3-5-12(11)17-14(15)20/h2-9H,1H3,(H,17,20)(H,18,19). The number of amides is 2. The number of hydrogen-bond acceptors (Lipinski definition) is 3. The predicted molar refractivity (Wildman–Crippen MR) is 74.1 cm³/mol. The number of benzene rings is 1. The van der Waals surface area contributed by atoms with Crippen molar-refractivity contribution in [2.75, 3.05) is 5.32 Å². The summed E-state index contributed by atoms with van der Waals surface area (Å²) in [5, 5.41) is 5.58. The fraction of sp³-hybridized carbons (Fsp3) is 0.133. The van der Waals surface area contributed by atoms with Crippen LogP contribution < -0.4 is 10.6 Å². The molecule has 5 heteroatoms. The van der Waals surface area contributed by atoms with Crippen LogP contribution >= 0.6 is 0 Å². The number of para-hydroxylation sites is 1. The lowest BCUT2D eigenvalue weighted by Crippen LogP contribution is -2.48. The molecular formula is C15H13N3O2. The van der Waals surface area contributed by atoms with Gasteiger partial charge in [-0.3, -0.25) is 14.6 Å². The zero-order chi connectivity index (χ0) is 14.2. The molecule has 2 aromatic rings. The zero-order valence-corrected chi connectivity index (χ0v) is 10.9. The number of aromatic nitrogens is 1. The Bertz CT molecular complexity index is 685. The van der Waals surface area contributed by atoms with Crippen LogP contribution in [-0.4, -0.2) is 16.8 Å². The maximum Gasteiger partial charge on any atom is 0.254 e. The molecule has 20 heavy (non-hydrogen) atoms. The van der Waals surface area contributed by atoms with Gasteiger partial charge < -0.3 is 10.6 Å². The number of fused-ring (bicyclic) bond motifs is 1. The molecule has 2 N–H and O–H groups in total. The van der Waals surface area contributed by atoms with E-state index in [1.54, 1.807) is 31.5 Å². The first-order valence-corrected chi connectivity index (χ1v) is 6.25. The van der Waals surface area contributed by atoms with E-state index >= 15 is 0 Å². The van der Waals surface area contributed by atoms with Crippen LogP contribution in [0.3, 0.4) is 0 Å². The first-order valence-electron chi connectivity index (χ1n) is 6.25. The van der Waals surface area contributed by atoms with Gasteiger partial charge in [0.2, 0.25) is 0 Å². The molecule has 1 aliphatic rings. The summed E-state index contributed by atoms with van der Waals surface area (Å²) in [5.74, 6) is -0.539. The molecule has 100 valence electrons. The van der Waals surface area contributed by atoms with E-state index in [1.165, 1.54) is 0 Å². The van der Waals surface area contributed by atoms with Crippen LogP contribution in [0.15, 0.2) is 48.8 Å². The summed E-state index contributed by atoms with van der Waals surface area (Å²) in [6.07, 6.45) is 3.08. The van der Waals surface area contributed by atoms with Gasteiger partial charge in [-0.05, 0) is 25.1 Å². The third-order valence-corrected chi connectivity index (χ3v) is 3.47. The third kappa shape index (κ3) is 1.84. The van der Waals surface area contributed by atoms with Crippen molar-refractivity contribution in [2.45, 2.75) is 12.5 Å². The van der Waals surface area contributed by atoms with E-state index in [2.05, 4.69) is 15.6 Å². The van der Waals surface area contributed by atoms with E-state index in [4.69, 9.17) is 0 Å². The number of nitrogens with one attached hydrogen (secondary N) is 2. The van der Waals surface area contributed by atoms with Gasteiger partial charge in [-0.25, -0.2) is 0 Å². The quantitative estimate of drug-likeness (QED) is 0.869. The summed E-state index contributed by atoms with van der Waals surface area (Å²) >= 11 is 0. The molecule has 1 unspecified atom stereocenters. The fourth-order valence-electron chi connectivity index (χ4n) is 2.32. The summed E-state index contributed by atoms with van der Waals surface area (Å²) in [6.45, 7) is 1.70. The van der Waals surface area contributed by atoms with Crippen LogP contribution in [0.5, 0.6) is 0 Å². The summed E-state index contributed by atoms with van der Waals surface area (Å²) in [5.41, 5.74) is 0.914. The number of carbonyl (C=O) groups is 2. The highest BCUT2D eigenvalue weighted by Gasteiger charge is 2.43. The van der Waals surface area contributed by atoms with E-state index in [-0.39, 0.29) is 11.8 Å². The summed E-state index contributed by atoms with van der Waals surface area (Å²) in [4.78, 5) is 28.3. The van der Waals surface area contributed by atoms with Crippen LogP contribution in [0.25, 0.3) is 0 Å². The second-order valence-electron chi connectivity index (χ2n) is 4.81. The summed E-state index contributed by atoms with van der Waals surface area (Å²) < 4.78 is 0. The van der Waals surface area contributed by atoms with E-state index in [1.807, 2.05) is 24.3 Å². The molecule has 1 aliphatic heterocycles. The Morgan fingerprint density at radius 3 is 2.65 bits per heavy atom. The predicted octanol–water partition coefficient (Wildman–Crippen LogP) is 1.68. The van der Waals surface area contributed by atoms with Crippen molar-refractivity contribution in [1.29, 1.82) is 0 Å². The Labute approximate surface area is 116 Å². The van der Waals surface area contributed by atoms with E-state index in [9.17, 15) is 9.59 Å². The normalized spacial score (nSPS) is 20.1. The van der Waals surface area contributed by atoms with E-state index < -0.39 is 5.54 Å². The number of pyridine rings is 1.